The fourth-order valence-corrected chi connectivity index (χ4v) is 2.38. The van der Waals surface area contributed by atoms with Crippen molar-refractivity contribution in [1.29, 1.82) is 0 Å². The van der Waals surface area contributed by atoms with Crippen LogP contribution in [-0.2, 0) is 0 Å². The third-order valence-electron chi connectivity index (χ3n) is 2.56. The summed E-state index contributed by atoms with van der Waals surface area (Å²) in [5.74, 6) is 0. The van der Waals surface area contributed by atoms with Gasteiger partial charge in [0, 0.05) is 29.5 Å². The first-order valence-electron chi connectivity index (χ1n) is 5.34. The van der Waals surface area contributed by atoms with E-state index in [0.29, 0.717) is 0 Å². The number of aromatic nitrogens is 2. The highest BCUT2D eigenvalue weighted by Crippen LogP contribution is 2.26. The highest BCUT2D eigenvalue weighted by molar-refractivity contribution is 7.13. The first-order valence-corrected chi connectivity index (χ1v) is 6.22. The number of pyridine rings is 1. The molecule has 0 aliphatic rings. The first-order chi connectivity index (χ1) is 8.43. The van der Waals surface area contributed by atoms with Crippen LogP contribution in [0.5, 0.6) is 0 Å². The quantitative estimate of drug-likeness (QED) is 0.677. The molecule has 0 spiro atoms. The van der Waals surface area contributed by atoms with Gasteiger partial charge in [0.2, 0.25) is 0 Å². The van der Waals surface area contributed by atoms with Crippen molar-refractivity contribution in [3.63, 3.8) is 0 Å². The number of hydrogen-bond donors (Lipinski definition) is 0. The Morgan fingerprint density at radius 2 is 1.65 bits per heavy atom. The number of benzene rings is 1. The minimum Gasteiger partial charge on any atom is -0.265 e. The van der Waals surface area contributed by atoms with E-state index in [4.69, 9.17) is 0 Å². The van der Waals surface area contributed by atoms with E-state index < -0.39 is 0 Å². The molecule has 0 bridgehead atoms. The molecule has 2 aromatic heterocycles. The number of thiazole rings is 1. The lowest BCUT2D eigenvalue weighted by molar-refractivity contribution is 1.33. The van der Waals surface area contributed by atoms with Crippen molar-refractivity contribution in [3.05, 3.63) is 60.4 Å². The molecular weight excluding hydrogens is 228 g/mol. The standard InChI is InChI=1S/C14H10N2S/c1-2-12(11-4-6-15-7-5-11)10-13(3-1)14-16-8-9-17-14/h1-10H. The van der Waals surface area contributed by atoms with Gasteiger partial charge in [0.25, 0.3) is 0 Å². The predicted octanol–water partition coefficient (Wildman–Crippen LogP) is 3.87. The Hall–Kier alpha value is -2.00. The molecule has 3 rings (SSSR count). The van der Waals surface area contributed by atoms with Crippen molar-refractivity contribution >= 4 is 11.3 Å². The molecule has 3 aromatic rings. The number of hydrogen-bond acceptors (Lipinski definition) is 3. The Labute approximate surface area is 104 Å². The summed E-state index contributed by atoms with van der Waals surface area (Å²) in [6.45, 7) is 0. The maximum Gasteiger partial charge on any atom is 0.123 e. The molecule has 0 radical (unpaired) electrons. The summed E-state index contributed by atoms with van der Waals surface area (Å²) < 4.78 is 0. The monoisotopic (exact) mass is 238 g/mol. The molecule has 0 N–H and O–H groups in total. The maximum absolute atomic E-state index is 4.33. The molecular formula is C14H10N2S. The van der Waals surface area contributed by atoms with E-state index in [-0.39, 0.29) is 0 Å². The molecule has 2 heterocycles. The summed E-state index contributed by atoms with van der Waals surface area (Å²) in [5, 5.41) is 3.05. The number of rotatable bonds is 2. The molecule has 0 aliphatic heterocycles. The Balaban J connectivity index is 2.06. The Morgan fingerprint density at radius 1 is 0.824 bits per heavy atom. The second kappa shape index (κ2) is 4.47. The molecule has 17 heavy (non-hydrogen) atoms. The van der Waals surface area contributed by atoms with Crippen LogP contribution in [0.4, 0.5) is 0 Å². The second-order valence-corrected chi connectivity index (χ2v) is 4.55. The summed E-state index contributed by atoms with van der Waals surface area (Å²) in [5.41, 5.74) is 3.54. The fraction of sp³-hybridized carbons (Fsp3) is 0. The maximum atomic E-state index is 4.33. The van der Waals surface area contributed by atoms with Crippen LogP contribution < -0.4 is 0 Å². The molecule has 0 amide bonds. The van der Waals surface area contributed by atoms with Crippen LogP contribution in [0.15, 0.2) is 60.4 Å². The van der Waals surface area contributed by atoms with Crippen molar-refractivity contribution in [2.24, 2.45) is 0 Å². The zero-order valence-corrected chi connectivity index (χ0v) is 9.89. The van der Waals surface area contributed by atoms with Crippen LogP contribution in [0.3, 0.4) is 0 Å². The van der Waals surface area contributed by atoms with Crippen LogP contribution in [0.2, 0.25) is 0 Å². The average molecular weight is 238 g/mol. The van der Waals surface area contributed by atoms with Gasteiger partial charge < -0.3 is 0 Å². The van der Waals surface area contributed by atoms with Gasteiger partial charge in [-0.25, -0.2) is 4.98 Å². The van der Waals surface area contributed by atoms with Gasteiger partial charge in [-0.2, -0.15) is 0 Å². The molecule has 0 saturated heterocycles. The SMILES string of the molecule is c1cc(-c2ccncc2)cc(-c2nccs2)c1. The largest absolute Gasteiger partial charge is 0.265 e. The van der Waals surface area contributed by atoms with E-state index in [1.807, 2.05) is 36.1 Å². The minimum atomic E-state index is 1.06. The first kappa shape index (κ1) is 10.2. The van der Waals surface area contributed by atoms with Gasteiger partial charge in [-0.1, -0.05) is 18.2 Å². The van der Waals surface area contributed by atoms with Crippen molar-refractivity contribution < 1.29 is 0 Å². The summed E-state index contributed by atoms with van der Waals surface area (Å²) >= 11 is 1.66. The van der Waals surface area contributed by atoms with Crippen molar-refractivity contribution in [3.8, 4) is 21.7 Å². The zero-order valence-electron chi connectivity index (χ0n) is 9.08. The van der Waals surface area contributed by atoms with Gasteiger partial charge in [0.15, 0.2) is 0 Å². The zero-order chi connectivity index (χ0) is 11.5. The highest BCUT2D eigenvalue weighted by Gasteiger charge is 2.02. The van der Waals surface area contributed by atoms with E-state index >= 15 is 0 Å². The number of nitrogens with zero attached hydrogens (tertiary/aromatic N) is 2. The topological polar surface area (TPSA) is 25.8 Å². The summed E-state index contributed by atoms with van der Waals surface area (Å²) in [6.07, 6.45) is 5.45. The molecule has 3 heteroatoms. The summed E-state index contributed by atoms with van der Waals surface area (Å²) in [4.78, 5) is 8.36. The van der Waals surface area contributed by atoms with Gasteiger partial charge in [0.1, 0.15) is 5.01 Å². The van der Waals surface area contributed by atoms with Crippen LogP contribution in [0.1, 0.15) is 0 Å². The van der Waals surface area contributed by atoms with E-state index in [1.165, 1.54) is 11.1 Å². The smallest absolute Gasteiger partial charge is 0.123 e. The van der Waals surface area contributed by atoms with Crippen LogP contribution >= 0.6 is 11.3 Å². The van der Waals surface area contributed by atoms with Gasteiger partial charge in [0.05, 0.1) is 0 Å². The highest BCUT2D eigenvalue weighted by atomic mass is 32.1. The summed E-state index contributed by atoms with van der Waals surface area (Å²) in [6, 6.07) is 12.4. The summed E-state index contributed by atoms with van der Waals surface area (Å²) in [7, 11) is 0. The minimum absolute atomic E-state index is 1.06. The Bertz CT molecular complexity index is 603. The Kier molecular flexibility index (Phi) is 2.68. The average Bonchev–Trinajstić information content (AvgIpc) is 2.94. The molecule has 0 saturated carbocycles. The molecule has 0 fully saturated rings. The molecule has 82 valence electrons. The Morgan fingerprint density at radius 3 is 2.41 bits per heavy atom. The van der Waals surface area contributed by atoms with Gasteiger partial charge in [-0.05, 0) is 29.3 Å². The molecule has 0 atom stereocenters. The van der Waals surface area contributed by atoms with Gasteiger partial charge >= 0.3 is 0 Å². The molecule has 0 unspecified atom stereocenters. The molecule has 0 aliphatic carbocycles. The van der Waals surface area contributed by atoms with E-state index in [1.54, 1.807) is 11.3 Å². The van der Waals surface area contributed by atoms with E-state index in [9.17, 15) is 0 Å². The van der Waals surface area contributed by atoms with Crippen LogP contribution in [0.25, 0.3) is 21.7 Å². The van der Waals surface area contributed by atoms with Crippen LogP contribution in [-0.4, -0.2) is 9.97 Å². The normalized spacial score (nSPS) is 10.4. The lowest BCUT2D eigenvalue weighted by atomic mass is 10.0. The van der Waals surface area contributed by atoms with E-state index in [2.05, 4.69) is 34.2 Å². The third-order valence-corrected chi connectivity index (χ3v) is 3.38. The van der Waals surface area contributed by atoms with Gasteiger partial charge in [-0.15, -0.1) is 11.3 Å². The van der Waals surface area contributed by atoms with Crippen molar-refractivity contribution in [2.75, 3.05) is 0 Å². The van der Waals surface area contributed by atoms with Crippen molar-refractivity contribution in [1.82, 2.24) is 9.97 Å². The molecule has 1 aromatic carbocycles. The lowest BCUT2D eigenvalue weighted by Crippen LogP contribution is -1.80. The lowest BCUT2D eigenvalue weighted by Gasteiger charge is -2.03. The van der Waals surface area contributed by atoms with Crippen molar-refractivity contribution in [2.45, 2.75) is 0 Å². The predicted molar refractivity (Wildman–Crippen MR) is 70.8 cm³/mol. The third kappa shape index (κ3) is 2.10. The van der Waals surface area contributed by atoms with Gasteiger partial charge in [-0.3, -0.25) is 4.98 Å². The van der Waals surface area contributed by atoms with E-state index in [0.717, 1.165) is 10.6 Å². The fourth-order valence-electron chi connectivity index (χ4n) is 1.74. The van der Waals surface area contributed by atoms with Crippen LogP contribution in [0, 0.1) is 0 Å². The second-order valence-electron chi connectivity index (χ2n) is 3.65. The molecule has 2 nitrogen and oxygen atoms in total.